The van der Waals surface area contributed by atoms with Crippen LogP contribution >= 0.6 is 11.3 Å². The fourth-order valence-corrected chi connectivity index (χ4v) is 3.66. The van der Waals surface area contributed by atoms with Gasteiger partial charge in [0.05, 0.1) is 0 Å². The van der Waals surface area contributed by atoms with Gasteiger partial charge in [0.1, 0.15) is 17.2 Å². The molecule has 0 aliphatic rings. The molecule has 0 unspecified atom stereocenters. The van der Waals surface area contributed by atoms with Crippen molar-refractivity contribution in [1.82, 2.24) is 5.32 Å². The van der Waals surface area contributed by atoms with Crippen LogP contribution in [0.25, 0.3) is 6.08 Å². The molecule has 33 heavy (non-hydrogen) atoms. The maximum absolute atomic E-state index is 13.0. The van der Waals surface area contributed by atoms with Crippen LogP contribution in [0.1, 0.15) is 20.8 Å². The lowest BCUT2D eigenvalue weighted by Gasteiger charge is -2.12. The Morgan fingerprint density at radius 1 is 0.818 bits per heavy atom. The van der Waals surface area contributed by atoms with Crippen molar-refractivity contribution in [3.8, 4) is 11.5 Å². The number of ether oxygens (including phenoxy) is 1. The highest BCUT2D eigenvalue weighted by atomic mass is 32.1. The van der Waals surface area contributed by atoms with Gasteiger partial charge >= 0.3 is 0 Å². The lowest BCUT2D eigenvalue weighted by Crippen LogP contribution is -2.30. The summed E-state index contributed by atoms with van der Waals surface area (Å²) in [5.41, 5.74) is 2.28. The van der Waals surface area contributed by atoms with Crippen molar-refractivity contribution in [2.75, 3.05) is 5.32 Å². The van der Waals surface area contributed by atoms with Gasteiger partial charge < -0.3 is 15.4 Å². The highest BCUT2D eigenvalue weighted by Gasteiger charge is 2.15. The summed E-state index contributed by atoms with van der Waals surface area (Å²) in [5.74, 6) is 0.621. The molecule has 6 heteroatoms. The SMILES string of the molecule is Cc1ccc(C(=O)N/C(=C\c2cccs2)C(=O)Nc2ccc(Oc3ccccc3)cc2)cc1. The molecule has 0 aliphatic carbocycles. The maximum Gasteiger partial charge on any atom is 0.272 e. The molecule has 4 aromatic rings. The van der Waals surface area contributed by atoms with Gasteiger partial charge in [0.15, 0.2) is 0 Å². The molecule has 0 aliphatic heterocycles. The van der Waals surface area contributed by atoms with Crippen molar-refractivity contribution >= 4 is 34.9 Å². The molecule has 0 bridgehead atoms. The minimum atomic E-state index is -0.416. The van der Waals surface area contributed by atoms with E-state index in [0.29, 0.717) is 17.0 Å². The predicted molar refractivity (Wildman–Crippen MR) is 133 cm³/mol. The largest absolute Gasteiger partial charge is 0.457 e. The van der Waals surface area contributed by atoms with Crippen molar-refractivity contribution in [3.63, 3.8) is 0 Å². The van der Waals surface area contributed by atoms with Crippen LogP contribution in [0.5, 0.6) is 11.5 Å². The number of thiophene rings is 1. The molecule has 0 fully saturated rings. The van der Waals surface area contributed by atoms with Gasteiger partial charge in [-0.15, -0.1) is 11.3 Å². The highest BCUT2D eigenvalue weighted by Crippen LogP contribution is 2.23. The van der Waals surface area contributed by atoms with Gasteiger partial charge in [0.25, 0.3) is 11.8 Å². The van der Waals surface area contributed by atoms with E-state index in [9.17, 15) is 9.59 Å². The number of rotatable bonds is 7. The van der Waals surface area contributed by atoms with Crippen molar-refractivity contribution in [2.45, 2.75) is 6.92 Å². The number of hydrogen-bond donors (Lipinski definition) is 2. The summed E-state index contributed by atoms with van der Waals surface area (Å²) in [6.45, 7) is 1.95. The molecule has 0 radical (unpaired) electrons. The Balaban J connectivity index is 1.48. The zero-order valence-corrected chi connectivity index (χ0v) is 18.8. The Morgan fingerprint density at radius 2 is 1.52 bits per heavy atom. The molecule has 2 amide bonds. The zero-order chi connectivity index (χ0) is 23.0. The van der Waals surface area contributed by atoms with Crippen molar-refractivity contribution in [1.29, 1.82) is 0 Å². The average molecular weight is 455 g/mol. The number of aryl methyl sites for hydroxylation is 1. The second-order valence-corrected chi connectivity index (χ2v) is 8.27. The van der Waals surface area contributed by atoms with Crippen LogP contribution in [-0.2, 0) is 4.79 Å². The third-order valence-electron chi connectivity index (χ3n) is 4.73. The summed E-state index contributed by atoms with van der Waals surface area (Å²) in [6.07, 6.45) is 1.67. The fraction of sp³-hybridized carbons (Fsp3) is 0.0370. The summed E-state index contributed by atoms with van der Waals surface area (Å²) in [4.78, 5) is 26.6. The number of para-hydroxylation sites is 1. The van der Waals surface area contributed by atoms with Crippen LogP contribution in [0.15, 0.2) is 102 Å². The van der Waals surface area contributed by atoms with E-state index in [4.69, 9.17) is 4.74 Å². The number of nitrogens with one attached hydrogen (secondary N) is 2. The van der Waals surface area contributed by atoms with E-state index in [-0.39, 0.29) is 11.6 Å². The normalized spacial score (nSPS) is 11.0. The van der Waals surface area contributed by atoms with E-state index < -0.39 is 5.91 Å². The molecule has 4 rings (SSSR count). The molecule has 5 nitrogen and oxygen atoms in total. The second kappa shape index (κ2) is 10.4. The number of carbonyl (C=O) groups excluding carboxylic acids is 2. The van der Waals surface area contributed by atoms with Crippen molar-refractivity contribution in [2.24, 2.45) is 0 Å². The van der Waals surface area contributed by atoms with E-state index in [1.807, 2.05) is 66.9 Å². The van der Waals surface area contributed by atoms with Gasteiger partial charge in [0.2, 0.25) is 0 Å². The summed E-state index contributed by atoms with van der Waals surface area (Å²) >= 11 is 1.48. The first-order valence-electron chi connectivity index (χ1n) is 10.3. The first-order chi connectivity index (χ1) is 16.1. The van der Waals surface area contributed by atoms with Crippen molar-refractivity contribution < 1.29 is 14.3 Å². The molecule has 0 saturated heterocycles. The molecule has 0 spiro atoms. The van der Waals surface area contributed by atoms with Crippen LogP contribution < -0.4 is 15.4 Å². The Bertz CT molecular complexity index is 1250. The van der Waals surface area contributed by atoms with E-state index in [2.05, 4.69) is 10.6 Å². The Kier molecular flexibility index (Phi) is 6.97. The first-order valence-corrected chi connectivity index (χ1v) is 11.2. The van der Waals surface area contributed by atoms with Crippen LogP contribution in [0.2, 0.25) is 0 Å². The molecule has 1 aromatic heterocycles. The van der Waals surface area contributed by atoms with Gasteiger partial charge in [0, 0.05) is 16.1 Å². The number of hydrogen-bond acceptors (Lipinski definition) is 4. The third-order valence-corrected chi connectivity index (χ3v) is 5.55. The fourth-order valence-electron chi connectivity index (χ4n) is 3.00. The minimum absolute atomic E-state index is 0.160. The van der Waals surface area contributed by atoms with Crippen LogP contribution in [-0.4, -0.2) is 11.8 Å². The molecule has 0 saturated carbocycles. The molecule has 0 atom stereocenters. The van der Waals surface area contributed by atoms with Crippen molar-refractivity contribution in [3.05, 3.63) is 118 Å². The number of benzene rings is 3. The molecule has 1 heterocycles. The molecular weight excluding hydrogens is 432 g/mol. The molecule has 3 aromatic carbocycles. The third kappa shape index (κ3) is 6.18. The van der Waals surface area contributed by atoms with E-state index in [0.717, 1.165) is 16.2 Å². The highest BCUT2D eigenvalue weighted by molar-refractivity contribution is 7.10. The summed E-state index contributed by atoms with van der Waals surface area (Å²) < 4.78 is 5.79. The number of anilines is 1. The smallest absolute Gasteiger partial charge is 0.272 e. The van der Waals surface area contributed by atoms with Crippen LogP contribution in [0.3, 0.4) is 0 Å². The second-order valence-electron chi connectivity index (χ2n) is 7.29. The van der Waals surface area contributed by atoms with E-state index >= 15 is 0 Å². The summed E-state index contributed by atoms with van der Waals surface area (Å²) in [6, 6.07) is 27.5. The maximum atomic E-state index is 13.0. The monoisotopic (exact) mass is 454 g/mol. The summed E-state index contributed by atoms with van der Waals surface area (Å²) in [5, 5.41) is 7.50. The van der Waals surface area contributed by atoms with Crippen LogP contribution in [0.4, 0.5) is 5.69 Å². The lowest BCUT2D eigenvalue weighted by molar-refractivity contribution is -0.113. The van der Waals surface area contributed by atoms with E-state index in [1.165, 1.54) is 11.3 Å². The number of carbonyl (C=O) groups is 2. The van der Waals surface area contributed by atoms with Gasteiger partial charge in [-0.1, -0.05) is 42.0 Å². The van der Waals surface area contributed by atoms with Gasteiger partial charge in [-0.25, -0.2) is 0 Å². The first kappa shape index (κ1) is 22.0. The Labute approximate surface area is 196 Å². The molecule has 164 valence electrons. The Morgan fingerprint density at radius 3 is 2.18 bits per heavy atom. The quantitative estimate of drug-likeness (QED) is 0.324. The van der Waals surface area contributed by atoms with Gasteiger partial charge in [-0.2, -0.15) is 0 Å². The topological polar surface area (TPSA) is 67.4 Å². The van der Waals surface area contributed by atoms with Gasteiger partial charge in [-0.3, -0.25) is 9.59 Å². The Hall–Kier alpha value is -4.16. The van der Waals surface area contributed by atoms with E-state index in [1.54, 1.807) is 42.5 Å². The number of amides is 2. The predicted octanol–water partition coefficient (Wildman–Crippen LogP) is 6.26. The summed E-state index contributed by atoms with van der Waals surface area (Å²) in [7, 11) is 0. The standard InChI is InChI=1S/C27H22N2O3S/c1-19-9-11-20(12-10-19)26(30)29-25(18-24-8-5-17-33-24)27(31)28-21-13-15-23(16-14-21)32-22-6-3-2-4-7-22/h2-18H,1H3,(H,28,31)(H,29,30)/b25-18-. The lowest BCUT2D eigenvalue weighted by atomic mass is 10.1. The average Bonchev–Trinajstić information content (AvgIpc) is 3.34. The van der Waals surface area contributed by atoms with Gasteiger partial charge in [-0.05, 0) is 73.0 Å². The van der Waals surface area contributed by atoms with Crippen LogP contribution in [0, 0.1) is 6.92 Å². The molecular formula is C27H22N2O3S. The molecule has 2 N–H and O–H groups in total. The minimum Gasteiger partial charge on any atom is -0.457 e. The zero-order valence-electron chi connectivity index (χ0n) is 17.9.